The molecule has 0 N–H and O–H groups in total. The van der Waals surface area contributed by atoms with Crippen LogP contribution in [-0.4, -0.2) is 14.2 Å². The lowest BCUT2D eigenvalue weighted by Crippen LogP contribution is -2.07. The second kappa shape index (κ2) is 10.9. The minimum Gasteiger partial charge on any atom is -0.496 e. The van der Waals surface area contributed by atoms with Gasteiger partial charge in [0.15, 0.2) is 11.5 Å². The molecule has 5 aromatic rings. The van der Waals surface area contributed by atoms with Crippen molar-refractivity contribution in [3.63, 3.8) is 0 Å². The molecule has 0 spiro atoms. The normalized spacial score (nSPS) is 10.8. The summed E-state index contributed by atoms with van der Waals surface area (Å²) in [5, 5.41) is 0.344. The van der Waals surface area contributed by atoms with E-state index in [9.17, 15) is 4.79 Å². The van der Waals surface area contributed by atoms with Gasteiger partial charge in [0, 0.05) is 12.1 Å². The van der Waals surface area contributed by atoms with E-state index in [1.54, 1.807) is 25.3 Å². The number of ether oxygens (including phenoxy) is 4. The molecule has 0 bridgehead atoms. The van der Waals surface area contributed by atoms with Gasteiger partial charge in [0.05, 0.1) is 19.8 Å². The standard InChI is InChI=1S/C31H26O6/c1-33-24-16-28(34-2)30-29(17-24)37-20-25(31(30)32)23-13-14-26(35-18-21-9-5-3-6-10-21)27(15-23)36-19-22-11-7-4-8-12-22/h3-17,20H,18-19H2,1-2H3. The summed E-state index contributed by atoms with van der Waals surface area (Å²) in [4.78, 5) is 13.5. The van der Waals surface area contributed by atoms with Crippen molar-refractivity contribution in [3.8, 4) is 34.1 Å². The van der Waals surface area contributed by atoms with Crippen LogP contribution in [0, 0.1) is 0 Å². The van der Waals surface area contributed by atoms with Gasteiger partial charge >= 0.3 is 0 Å². The molecule has 0 fully saturated rings. The van der Waals surface area contributed by atoms with Gasteiger partial charge in [-0.05, 0) is 28.8 Å². The average molecular weight is 495 g/mol. The van der Waals surface area contributed by atoms with Gasteiger partial charge in [-0.25, -0.2) is 0 Å². The predicted molar refractivity (Wildman–Crippen MR) is 143 cm³/mol. The van der Waals surface area contributed by atoms with Crippen molar-refractivity contribution in [2.24, 2.45) is 0 Å². The Bertz CT molecular complexity index is 1560. The van der Waals surface area contributed by atoms with Crippen LogP contribution in [0.3, 0.4) is 0 Å². The highest BCUT2D eigenvalue weighted by Crippen LogP contribution is 2.35. The molecule has 6 heteroatoms. The number of fused-ring (bicyclic) bond motifs is 1. The Morgan fingerprint density at radius 2 is 1.32 bits per heavy atom. The highest BCUT2D eigenvalue weighted by atomic mass is 16.5. The Kier molecular flexibility index (Phi) is 7.08. The Morgan fingerprint density at radius 1 is 0.676 bits per heavy atom. The molecule has 4 aromatic carbocycles. The maximum atomic E-state index is 13.5. The van der Waals surface area contributed by atoms with Crippen molar-refractivity contribution >= 4 is 11.0 Å². The topological polar surface area (TPSA) is 67.1 Å². The summed E-state index contributed by atoms with van der Waals surface area (Å²) in [6, 6.07) is 28.5. The first-order valence-corrected chi connectivity index (χ1v) is 11.8. The summed E-state index contributed by atoms with van der Waals surface area (Å²) >= 11 is 0. The predicted octanol–water partition coefficient (Wildman–Crippen LogP) is 6.64. The molecule has 0 amide bonds. The highest BCUT2D eigenvalue weighted by molar-refractivity contribution is 5.88. The molecule has 5 rings (SSSR count). The van der Waals surface area contributed by atoms with E-state index in [4.69, 9.17) is 23.4 Å². The van der Waals surface area contributed by atoms with Crippen LogP contribution in [0.15, 0.2) is 106 Å². The molecule has 0 saturated carbocycles. The number of hydrogen-bond acceptors (Lipinski definition) is 6. The van der Waals surface area contributed by atoms with Crippen LogP contribution in [-0.2, 0) is 13.2 Å². The summed E-state index contributed by atoms with van der Waals surface area (Å²) in [6.07, 6.45) is 1.45. The van der Waals surface area contributed by atoms with Gasteiger partial charge in [-0.3, -0.25) is 4.79 Å². The molecular formula is C31H26O6. The summed E-state index contributed by atoms with van der Waals surface area (Å²) < 4.78 is 28.9. The fourth-order valence-electron chi connectivity index (χ4n) is 4.05. The molecule has 0 atom stereocenters. The van der Waals surface area contributed by atoms with Gasteiger partial charge in [0.2, 0.25) is 5.43 Å². The summed E-state index contributed by atoms with van der Waals surface area (Å²) in [6.45, 7) is 0.741. The number of benzene rings is 4. The largest absolute Gasteiger partial charge is 0.496 e. The van der Waals surface area contributed by atoms with E-state index >= 15 is 0 Å². The SMILES string of the molecule is COc1cc(OC)c2c(=O)c(-c3ccc(OCc4ccccc4)c(OCc4ccccc4)c3)coc2c1. The van der Waals surface area contributed by atoms with Gasteiger partial charge in [0.1, 0.15) is 41.9 Å². The molecule has 186 valence electrons. The molecule has 6 nitrogen and oxygen atoms in total. The highest BCUT2D eigenvalue weighted by Gasteiger charge is 2.17. The molecule has 1 aromatic heterocycles. The first-order valence-electron chi connectivity index (χ1n) is 11.8. The third kappa shape index (κ3) is 5.28. The van der Waals surface area contributed by atoms with E-state index in [0.717, 1.165) is 11.1 Å². The van der Waals surface area contributed by atoms with Crippen molar-refractivity contribution in [1.82, 2.24) is 0 Å². The lowest BCUT2D eigenvalue weighted by Gasteiger charge is -2.15. The van der Waals surface area contributed by atoms with Crippen LogP contribution in [0.2, 0.25) is 0 Å². The van der Waals surface area contributed by atoms with Gasteiger partial charge < -0.3 is 23.4 Å². The molecule has 0 radical (unpaired) electrons. The maximum Gasteiger partial charge on any atom is 0.204 e. The molecule has 1 heterocycles. The van der Waals surface area contributed by atoms with E-state index in [2.05, 4.69) is 0 Å². The molecule has 37 heavy (non-hydrogen) atoms. The van der Waals surface area contributed by atoms with Gasteiger partial charge in [-0.1, -0.05) is 66.7 Å². The summed E-state index contributed by atoms with van der Waals surface area (Å²) in [7, 11) is 3.06. The molecule has 0 saturated heterocycles. The van der Waals surface area contributed by atoms with E-state index in [0.29, 0.717) is 58.3 Å². The second-order valence-electron chi connectivity index (χ2n) is 8.39. The van der Waals surface area contributed by atoms with E-state index in [1.807, 2.05) is 72.8 Å². The Balaban J connectivity index is 1.53. The van der Waals surface area contributed by atoms with Crippen molar-refractivity contribution in [2.45, 2.75) is 13.2 Å². The number of rotatable bonds is 9. The first-order chi connectivity index (χ1) is 18.2. The van der Waals surface area contributed by atoms with E-state index in [1.165, 1.54) is 13.4 Å². The quantitative estimate of drug-likeness (QED) is 0.229. The van der Waals surface area contributed by atoms with Crippen molar-refractivity contribution in [1.29, 1.82) is 0 Å². The van der Waals surface area contributed by atoms with Crippen molar-refractivity contribution < 1.29 is 23.4 Å². The molecule has 0 unspecified atom stereocenters. The molecule has 0 aliphatic heterocycles. The maximum absolute atomic E-state index is 13.5. The second-order valence-corrected chi connectivity index (χ2v) is 8.39. The fraction of sp³-hybridized carbons (Fsp3) is 0.129. The zero-order chi connectivity index (χ0) is 25.6. The lowest BCUT2D eigenvalue weighted by molar-refractivity contribution is 0.256. The van der Waals surface area contributed by atoms with Crippen LogP contribution in [0.1, 0.15) is 11.1 Å². The van der Waals surface area contributed by atoms with E-state index in [-0.39, 0.29) is 5.43 Å². The van der Waals surface area contributed by atoms with Crippen molar-refractivity contribution in [3.05, 3.63) is 119 Å². The zero-order valence-corrected chi connectivity index (χ0v) is 20.6. The van der Waals surface area contributed by atoms with Crippen LogP contribution in [0.5, 0.6) is 23.0 Å². The Hall–Kier alpha value is -4.71. The van der Waals surface area contributed by atoms with Crippen LogP contribution >= 0.6 is 0 Å². The van der Waals surface area contributed by atoms with Crippen molar-refractivity contribution in [2.75, 3.05) is 14.2 Å². The van der Waals surface area contributed by atoms with Gasteiger partial charge in [-0.15, -0.1) is 0 Å². The van der Waals surface area contributed by atoms with Gasteiger partial charge in [0.25, 0.3) is 0 Å². The monoisotopic (exact) mass is 494 g/mol. The Morgan fingerprint density at radius 3 is 1.95 bits per heavy atom. The van der Waals surface area contributed by atoms with Crippen LogP contribution in [0.25, 0.3) is 22.1 Å². The smallest absolute Gasteiger partial charge is 0.204 e. The minimum atomic E-state index is -0.215. The third-order valence-electron chi connectivity index (χ3n) is 6.00. The fourth-order valence-corrected chi connectivity index (χ4v) is 4.05. The van der Waals surface area contributed by atoms with Gasteiger partial charge in [-0.2, -0.15) is 0 Å². The summed E-state index contributed by atoms with van der Waals surface area (Å²) in [5.74, 6) is 2.03. The lowest BCUT2D eigenvalue weighted by atomic mass is 10.0. The van der Waals surface area contributed by atoms with Crippen LogP contribution < -0.4 is 24.4 Å². The molecule has 0 aliphatic rings. The average Bonchev–Trinajstić information content (AvgIpc) is 2.96. The molecule has 0 aliphatic carbocycles. The number of methoxy groups -OCH3 is 2. The third-order valence-corrected chi connectivity index (χ3v) is 6.00. The number of hydrogen-bond donors (Lipinski definition) is 0. The van der Waals surface area contributed by atoms with E-state index < -0.39 is 0 Å². The summed E-state index contributed by atoms with van der Waals surface area (Å²) in [5.41, 5.74) is 3.25. The Labute approximate surface area is 214 Å². The first kappa shape index (κ1) is 24.0. The van der Waals surface area contributed by atoms with Crippen LogP contribution in [0.4, 0.5) is 0 Å². The molecular weight excluding hydrogens is 468 g/mol. The zero-order valence-electron chi connectivity index (χ0n) is 20.6. The minimum absolute atomic E-state index is 0.215.